The molecule has 1 aromatic rings. The highest BCUT2D eigenvalue weighted by Gasteiger charge is 2.28. The standard InChI is InChI=1S/C9H11Cl2NO2S2/c10-7-3-6(4-7)5-12-16(13,14)9-2-1-8(11)15-9/h1-2,6-7,12H,3-5H2. The zero-order valence-electron chi connectivity index (χ0n) is 8.32. The van der Waals surface area contributed by atoms with Crippen LogP contribution in [-0.4, -0.2) is 20.3 Å². The second-order valence-corrected chi connectivity index (χ2v) is 8.17. The second kappa shape index (κ2) is 4.82. The Balaban J connectivity index is 1.93. The van der Waals surface area contributed by atoms with Crippen LogP contribution in [0, 0.1) is 5.92 Å². The summed E-state index contributed by atoms with van der Waals surface area (Å²) in [7, 11) is -3.39. The molecule has 2 rings (SSSR count). The third-order valence-electron chi connectivity index (χ3n) is 2.55. The Labute approximate surface area is 109 Å². The number of thiophene rings is 1. The maximum Gasteiger partial charge on any atom is 0.250 e. The molecular weight excluding hydrogens is 289 g/mol. The van der Waals surface area contributed by atoms with Gasteiger partial charge in [-0.3, -0.25) is 0 Å². The summed E-state index contributed by atoms with van der Waals surface area (Å²) in [6.45, 7) is 0.459. The van der Waals surface area contributed by atoms with Crippen LogP contribution < -0.4 is 4.72 Å². The molecular formula is C9H11Cl2NO2S2. The van der Waals surface area contributed by atoms with Crippen molar-refractivity contribution < 1.29 is 8.42 Å². The van der Waals surface area contributed by atoms with E-state index in [-0.39, 0.29) is 9.59 Å². The average Bonchev–Trinajstić information content (AvgIpc) is 2.58. The molecule has 1 aliphatic rings. The normalized spacial score (nSPS) is 25.4. The monoisotopic (exact) mass is 299 g/mol. The van der Waals surface area contributed by atoms with Crippen molar-refractivity contribution in [2.75, 3.05) is 6.54 Å². The molecule has 0 radical (unpaired) electrons. The van der Waals surface area contributed by atoms with Gasteiger partial charge in [-0.15, -0.1) is 22.9 Å². The van der Waals surface area contributed by atoms with E-state index in [9.17, 15) is 8.42 Å². The molecule has 16 heavy (non-hydrogen) atoms. The van der Waals surface area contributed by atoms with Gasteiger partial charge in [0, 0.05) is 11.9 Å². The smallest absolute Gasteiger partial charge is 0.210 e. The van der Waals surface area contributed by atoms with Crippen LogP contribution in [0.25, 0.3) is 0 Å². The summed E-state index contributed by atoms with van der Waals surface area (Å²) in [6.07, 6.45) is 1.77. The van der Waals surface area contributed by atoms with Crippen LogP contribution in [0.1, 0.15) is 12.8 Å². The molecule has 3 nitrogen and oxygen atoms in total. The molecule has 1 aromatic heterocycles. The van der Waals surface area contributed by atoms with E-state index in [4.69, 9.17) is 23.2 Å². The third kappa shape index (κ3) is 2.90. The quantitative estimate of drug-likeness (QED) is 0.869. The first-order chi connectivity index (χ1) is 7.47. The first kappa shape index (κ1) is 12.6. The SMILES string of the molecule is O=S(=O)(NCC1CC(Cl)C1)c1ccc(Cl)s1. The molecule has 1 N–H and O–H groups in total. The number of alkyl halides is 1. The highest BCUT2D eigenvalue weighted by molar-refractivity contribution is 7.91. The molecule has 1 heterocycles. The first-order valence-electron chi connectivity index (χ1n) is 4.86. The van der Waals surface area contributed by atoms with Gasteiger partial charge in [-0.05, 0) is 30.9 Å². The fourth-order valence-electron chi connectivity index (χ4n) is 1.56. The Kier molecular flexibility index (Phi) is 3.81. The van der Waals surface area contributed by atoms with Gasteiger partial charge in [0.1, 0.15) is 4.21 Å². The average molecular weight is 300 g/mol. The minimum atomic E-state index is -3.39. The fourth-order valence-corrected chi connectivity index (χ4v) is 4.71. The summed E-state index contributed by atoms with van der Waals surface area (Å²) in [6, 6.07) is 3.10. The van der Waals surface area contributed by atoms with Gasteiger partial charge < -0.3 is 0 Å². The predicted molar refractivity (Wildman–Crippen MR) is 66.9 cm³/mol. The summed E-state index contributed by atoms with van der Waals surface area (Å²) in [5.41, 5.74) is 0. The summed E-state index contributed by atoms with van der Waals surface area (Å²) >= 11 is 12.6. The highest BCUT2D eigenvalue weighted by Crippen LogP contribution is 2.32. The number of hydrogen-bond acceptors (Lipinski definition) is 3. The second-order valence-electron chi connectivity index (χ2n) is 3.85. The molecule has 0 aliphatic heterocycles. The van der Waals surface area contributed by atoms with Gasteiger partial charge in [0.15, 0.2) is 0 Å². The summed E-state index contributed by atoms with van der Waals surface area (Å²) in [5.74, 6) is 0.368. The van der Waals surface area contributed by atoms with Gasteiger partial charge in [0.25, 0.3) is 0 Å². The maximum absolute atomic E-state index is 11.8. The van der Waals surface area contributed by atoms with E-state index in [2.05, 4.69) is 4.72 Å². The highest BCUT2D eigenvalue weighted by atomic mass is 35.5. The van der Waals surface area contributed by atoms with Crippen LogP contribution in [0.3, 0.4) is 0 Å². The summed E-state index contributed by atoms with van der Waals surface area (Å²) < 4.78 is 26.9. The lowest BCUT2D eigenvalue weighted by Gasteiger charge is -2.30. The lowest BCUT2D eigenvalue weighted by Crippen LogP contribution is -2.36. The number of sulfonamides is 1. The van der Waals surface area contributed by atoms with Gasteiger partial charge >= 0.3 is 0 Å². The van der Waals surface area contributed by atoms with Crippen molar-refractivity contribution in [1.82, 2.24) is 4.72 Å². The van der Waals surface area contributed by atoms with Crippen molar-refractivity contribution >= 4 is 44.6 Å². The molecule has 0 saturated heterocycles. The van der Waals surface area contributed by atoms with Crippen LogP contribution in [0.5, 0.6) is 0 Å². The van der Waals surface area contributed by atoms with Crippen LogP contribution in [0.15, 0.2) is 16.3 Å². The summed E-state index contributed by atoms with van der Waals surface area (Å²) in [4.78, 5) is 0. The molecule has 1 aliphatic carbocycles. The van der Waals surface area contributed by atoms with Gasteiger partial charge in [-0.1, -0.05) is 11.6 Å². The Hall–Kier alpha value is 0.190. The van der Waals surface area contributed by atoms with E-state index < -0.39 is 10.0 Å². The Morgan fingerprint density at radius 2 is 2.12 bits per heavy atom. The predicted octanol–water partition coefficient (Wildman–Crippen LogP) is 2.70. The Morgan fingerprint density at radius 3 is 2.62 bits per heavy atom. The van der Waals surface area contributed by atoms with Crippen LogP contribution in [0.2, 0.25) is 4.34 Å². The molecule has 90 valence electrons. The van der Waals surface area contributed by atoms with E-state index in [0.29, 0.717) is 16.8 Å². The molecule has 7 heteroatoms. The number of rotatable bonds is 4. The topological polar surface area (TPSA) is 46.2 Å². The zero-order valence-corrected chi connectivity index (χ0v) is 11.5. The molecule has 0 aromatic carbocycles. The lowest BCUT2D eigenvalue weighted by molar-refractivity contribution is 0.324. The first-order valence-corrected chi connectivity index (χ1v) is 7.98. The number of halogens is 2. The summed E-state index contributed by atoms with van der Waals surface area (Å²) in [5, 5.41) is 0.214. The molecule has 0 spiro atoms. The Morgan fingerprint density at radius 1 is 1.44 bits per heavy atom. The maximum atomic E-state index is 11.8. The van der Waals surface area contributed by atoms with Crippen LogP contribution in [-0.2, 0) is 10.0 Å². The fraction of sp³-hybridized carbons (Fsp3) is 0.556. The lowest BCUT2D eigenvalue weighted by atomic mass is 9.85. The van der Waals surface area contributed by atoms with Crippen LogP contribution >= 0.6 is 34.5 Å². The van der Waals surface area contributed by atoms with E-state index in [1.165, 1.54) is 6.07 Å². The van der Waals surface area contributed by atoms with Crippen molar-refractivity contribution in [3.8, 4) is 0 Å². The van der Waals surface area contributed by atoms with Crippen molar-refractivity contribution in [1.29, 1.82) is 0 Å². The van der Waals surface area contributed by atoms with Crippen molar-refractivity contribution in [2.45, 2.75) is 22.4 Å². The van der Waals surface area contributed by atoms with Gasteiger partial charge in [-0.2, -0.15) is 0 Å². The molecule has 0 atom stereocenters. The van der Waals surface area contributed by atoms with E-state index in [0.717, 1.165) is 24.2 Å². The van der Waals surface area contributed by atoms with E-state index >= 15 is 0 Å². The van der Waals surface area contributed by atoms with Gasteiger partial charge in [-0.25, -0.2) is 13.1 Å². The third-order valence-corrected chi connectivity index (χ3v) is 6.06. The molecule has 1 fully saturated rings. The van der Waals surface area contributed by atoms with Crippen molar-refractivity contribution in [3.63, 3.8) is 0 Å². The van der Waals surface area contributed by atoms with Crippen molar-refractivity contribution in [2.24, 2.45) is 5.92 Å². The minimum absolute atomic E-state index is 0.214. The zero-order chi connectivity index (χ0) is 11.8. The largest absolute Gasteiger partial charge is 0.250 e. The minimum Gasteiger partial charge on any atom is -0.210 e. The number of nitrogens with one attached hydrogen (secondary N) is 1. The Bertz CT molecular complexity index is 466. The molecule has 0 bridgehead atoms. The van der Waals surface area contributed by atoms with E-state index in [1.54, 1.807) is 6.07 Å². The molecule has 1 saturated carbocycles. The van der Waals surface area contributed by atoms with Crippen molar-refractivity contribution in [3.05, 3.63) is 16.5 Å². The van der Waals surface area contributed by atoms with Gasteiger partial charge in [0.05, 0.1) is 4.34 Å². The van der Waals surface area contributed by atoms with Gasteiger partial charge in [0.2, 0.25) is 10.0 Å². The van der Waals surface area contributed by atoms with E-state index in [1.807, 2.05) is 0 Å². The molecule has 0 amide bonds. The van der Waals surface area contributed by atoms with Crippen LogP contribution in [0.4, 0.5) is 0 Å². The number of hydrogen-bond donors (Lipinski definition) is 1. The molecule has 0 unspecified atom stereocenters.